The summed E-state index contributed by atoms with van der Waals surface area (Å²) in [7, 11) is 4.63. The van der Waals surface area contributed by atoms with Crippen LogP contribution in [0, 0.1) is 11.3 Å². The van der Waals surface area contributed by atoms with Crippen LogP contribution in [0.2, 0.25) is 0 Å². The number of fused-ring (bicyclic) bond motifs is 1. The van der Waals surface area contributed by atoms with E-state index in [4.69, 9.17) is 19.5 Å². The average Bonchev–Trinajstić information content (AvgIpc) is 2.78. The summed E-state index contributed by atoms with van der Waals surface area (Å²) in [5, 5.41) is 9.23. The second-order valence-corrected chi connectivity index (χ2v) is 4.12. The number of ether oxygens (including phenoxy) is 3. The highest BCUT2D eigenvalue weighted by molar-refractivity contribution is 7.19. The fourth-order valence-electron chi connectivity index (χ4n) is 1.58. The third kappa shape index (κ3) is 1.74. The molecule has 2 rings (SSSR count). The van der Waals surface area contributed by atoms with Gasteiger partial charge in [-0.2, -0.15) is 5.26 Å². The van der Waals surface area contributed by atoms with Gasteiger partial charge in [0.25, 0.3) is 0 Å². The van der Waals surface area contributed by atoms with Crippen LogP contribution in [-0.2, 0) is 0 Å². The van der Waals surface area contributed by atoms with Gasteiger partial charge in [-0.25, -0.2) is 4.98 Å². The third-order valence-corrected chi connectivity index (χ3v) is 3.26. The van der Waals surface area contributed by atoms with Crippen molar-refractivity contribution in [2.24, 2.45) is 0 Å². The van der Waals surface area contributed by atoms with Crippen molar-refractivity contribution in [3.05, 3.63) is 11.1 Å². The van der Waals surface area contributed by atoms with Gasteiger partial charge in [0.1, 0.15) is 10.8 Å². The zero-order valence-corrected chi connectivity index (χ0v) is 10.4. The first-order chi connectivity index (χ1) is 8.24. The molecule has 0 bridgehead atoms. The molecule has 0 radical (unpaired) electrons. The summed E-state index contributed by atoms with van der Waals surface area (Å²) >= 11 is 1.26. The van der Waals surface area contributed by atoms with Gasteiger partial charge >= 0.3 is 0 Å². The molecule has 0 aliphatic rings. The molecule has 0 unspecified atom stereocenters. The molecule has 0 saturated carbocycles. The molecule has 88 valence electrons. The zero-order valence-electron chi connectivity index (χ0n) is 9.60. The number of hydrogen-bond donors (Lipinski definition) is 0. The van der Waals surface area contributed by atoms with Gasteiger partial charge in [0.2, 0.25) is 5.75 Å². The van der Waals surface area contributed by atoms with Crippen LogP contribution in [0.25, 0.3) is 10.2 Å². The first kappa shape index (κ1) is 11.5. The first-order valence-electron chi connectivity index (χ1n) is 4.74. The van der Waals surface area contributed by atoms with Crippen molar-refractivity contribution in [3.63, 3.8) is 0 Å². The molecule has 0 atom stereocenters. The Hall–Kier alpha value is -2.00. The Morgan fingerprint density at radius 2 is 1.88 bits per heavy atom. The molecule has 0 aliphatic carbocycles. The van der Waals surface area contributed by atoms with Gasteiger partial charge in [0, 0.05) is 6.07 Å². The van der Waals surface area contributed by atoms with Gasteiger partial charge in [-0.05, 0) is 0 Å². The van der Waals surface area contributed by atoms with Crippen LogP contribution in [0.4, 0.5) is 0 Å². The highest BCUT2D eigenvalue weighted by atomic mass is 32.1. The molecule has 0 saturated heterocycles. The molecule has 0 spiro atoms. The Bertz CT molecular complexity index is 601. The molecular formula is C11H10N2O3S. The molecule has 0 N–H and O–H groups in total. The van der Waals surface area contributed by atoms with Crippen molar-refractivity contribution in [2.75, 3.05) is 21.3 Å². The predicted molar refractivity (Wildman–Crippen MR) is 64.0 cm³/mol. The lowest BCUT2D eigenvalue weighted by molar-refractivity contribution is 0.327. The number of benzene rings is 1. The van der Waals surface area contributed by atoms with Gasteiger partial charge in [-0.15, -0.1) is 0 Å². The first-order valence-corrected chi connectivity index (χ1v) is 5.56. The highest BCUT2D eigenvalue weighted by Crippen LogP contribution is 2.45. The maximum absolute atomic E-state index is 8.85. The van der Waals surface area contributed by atoms with Crippen LogP contribution in [0.3, 0.4) is 0 Å². The van der Waals surface area contributed by atoms with Crippen LogP contribution >= 0.6 is 11.3 Å². The van der Waals surface area contributed by atoms with Gasteiger partial charge in [0.05, 0.1) is 26.8 Å². The minimum Gasteiger partial charge on any atom is -0.493 e. The Morgan fingerprint density at radius 3 is 2.41 bits per heavy atom. The summed E-state index contributed by atoms with van der Waals surface area (Å²) < 4.78 is 16.5. The molecule has 1 aromatic carbocycles. The summed E-state index contributed by atoms with van der Waals surface area (Å²) in [4.78, 5) is 4.17. The van der Waals surface area contributed by atoms with Crippen molar-refractivity contribution >= 4 is 21.6 Å². The van der Waals surface area contributed by atoms with Crippen LogP contribution in [-0.4, -0.2) is 26.3 Å². The molecule has 0 fully saturated rings. The molecule has 2 aromatic rings. The summed E-state index contributed by atoms with van der Waals surface area (Å²) in [5.74, 6) is 1.59. The van der Waals surface area contributed by atoms with Crippen LogP contribution < -0.4 is 14.2 Å². The quantitative estimate of drug-likeness (QED) is 0.835. The number of nitriles is 1. The number of rotatable bonds is 3. The van der Waals surface area contributed by atoms with Crippen LogP contribution in [0.15, 0.2) is 6.07 Å². The minimum absolute atomic E-state index is 0.383. The summed E-state index contributed by atoms with van der Waals surface area (Å²) in [5.41, 5.74) is 0.668. The van der Waals surface area contributed by atoms with Crippen molar-refractivity contribution in [3.8, 4) is 23.3 Å². The molecule has 5 nitrogen and oxygen atoms in total. The molecule has 1 heterocycles. The van der Waals surface area contributed by atoms with Gasteiger partial charge < -0.3 is 14.2 Å². The number of thiazole rings is 1. The fourth-order valence-corrected chi connectivity index (χ4v) is 2.44. The number of aromatic nitrogens is 1. The lowest BCUT2D eigenvalue weighted by atomic mass is 10.2. The SMILES string of the molecule is COc1cc2nc(C#N)sc2c(OC)c1OC. The Kier molecular flexibility index (Phi) is 3.02. The van der Waals surface area contributed by atoms with Gasteiger partial charge in [0.15, 0.2) is 16.5 Å². The number of nitrogens with zero attached hydrogens (tertiary/aromatic N) is 2. The summed E-state index contributed by atoms with van der Waals surface area (Å²) in [6, 6.07) is 3.74. The van der Waals surface area contributed by atoms with Crippen molar-refractivity contribution in [2.45, 2.75) is 0 Å². The van der Waals surface area contributed by atoms with E-state index in [1.54, 1.807) is 27.4 Å². The normalized spacial score (nSPS) is 10.0. The van der Waals surface area contributed by atoms with Crippen LogP contribution in [0.1, 0.15) is 5.01 Å². The molecule has 6 heteroatoms. The van der Waals surface area contributed by atoms with Crippen molar-refractivity contribution in [1.82, 2.24) is 4.98 Å². The average molecular weight is 250 g/mol. The largest absolute Gasteiger partial charge is 0.493 e. The lowest BCUT2D eigenvalue weighted by Crippen LogP contribution is -1.94. The van der Waals surface area contributed by atoms with E-state index in [2.05, 4.69) is 4.98 Å². The van der Waals surface area contributed by atoms with E-state index in [0.717, 1.165) is 4.70 Å². The smallest absolute Gasteiger partial charge is 0.204 e. The minimum atomic E-state index is 0.383. The van der Waals surface area contributed by atoms with Gasteiger partial charge in [-0.1, -0.05) is 11.3 Å². The Labute approximate surface area is 102 Å². The number of methoxy groups -OCH3 is 3. The van der Waals surface area contributed by atoms with Crippen molar-refractivity contribution < 1.29 is 14.2 Å². The summed E-state index contributed by atoms with van der Waals surface area (Å²) in [6.45, 7) is 0. The fraction of sp³-hybridized carbons (Fsp3) is 0.273. The topological polar surface area (TPSA) is 64.4 Å². The van der Waals surface area contributed by atoms with Crippen molar-refractivity contribution in [1.29, 1.82) is 5.26 Å². The maximum atomic E-state index is 8.85. The predicted octanol–water partition coefficient (Wildman–Crippen LogP) is 2.19. The lowest BCUT2D eigenvalue weighted by Gasteiger charge is -2.11. The van der Waals surface area contributed by atoms with E-state index in [0.29, 0.717) is 27.8 Å². The zero-order chi connectivity index (χ0) is 12.4. The maximum Gasteiger partial charge on any atom is 0.204 e. The van der Waals surface area contributed by atoms with E-state index in [1.807, 2.05) is 6.07 Å². The number of hydrogen-bond acceptors (Lipinski definition) is 6. The Morgan fingerprint density at radius 1 is 1.18 bits per heavy atom. The second kappa shape index (κ2) is 4.47. The molecule has 17 heavy (non-hydrogen) atoms. The highest BCUT2D eigenvalue weighted by Gasteiger charge is 2.19. The van der Waals surface area contributed by atoms with E-state index in [9.17, 15) is 0 Å². The Balaban J connectivity index is 2.82. The van der Waals surface area contributed by atoms with E-state index >= 15 is 0 Å². The van der Waals surface area contributed by atoms with Crippen LogP contribution in [0.5, 0.6) is 17.2 Å². The molecular weight excluding hydrogens is 240 g/mol. The van der Waals surface area contributed by atoms with Gasteiger partial charge in [-0.3, -0.25) is 0 Å². The standard InChI is InChI=1S/C11H10N2O3S/c1-14-7-4-6-11(17-8(5-12)13-6)10(16-3)9(7)15-2/h4H,1-3H3. The van der Waals surface area contributed by atoms with E-state index in [1.165, 1.54) is 11.3 Å². The van der Waals surface area contributed by atoms with E-state index < -0.39 is 0 Å². The monoisotopic (exact) mass is 250 g/mol. The molecule has 0 aliphatic heterocycles. The third-order valence-electron chi connectivity index (χ3n) is 2.28. The second-order valence-electron chi connectivity index (χ2n) is 3.12. The summed E-state index contributed by atoms with van der Waals surface area (Å²) in [6.07, 6.45) is 0. The molecule has 1 aromatic heterocycles. The molecule has 0 amide bonds. The van der Waals surface area contributed by atoms with E-state index in [-0.39, 0.29) is 0 Å².